The third-order valence-electron chi connectivity index (χ3n) is 7.47. The van der Waals surface area contributed by atoms with Crippen LogP contribution in [0.5, 0.6) is 5.75 Å². The molecule has 51 heavy (non-hydrogen) atoms. The van der Waals surface area contributed by atoms with E-state index < -0.39 is 54.2 Å². The lowest BCUT2D eigenvalue weighted by atomic mass is 10.0. The molecule has 16 heteroatoms. The predicted octanol–water partition coefficient (Wildman–Crippen LogP) is 7.36. The van der Waals surface area contributed by atoms with E-state index >= 15 is 0 Å². The Morgan fingerprint density at radius 3 is 2.08 bits per heavy atom. The van der Waals surface area contributed by atoms with Crippen LogP contribution in [-0.4, -0.2) is 51.6 Å². The Balaban J connectivity index is 1.23. The number of amides is 2. The van der Waals surface area contributed by atoms with Crippen molar-refractivity contribution in [3.05, 3.63) is 119 Å². The van der Waals surface area contributed by atoms with E-state index in [9.17, 15) is 45.8 Å². The topological polar surface area (TPSA) is 135 Å². The number of rotatable bonds is 11. The molecule has 0 radical (unpaired) electrons. The van der Waals surface area contributed by atoms with E-state index in [2.05, 4.69) is 15.5 Å². The minimum Gasteiger partial charge on any atom is -0.497 e. The number of alkyl halides is 6. The zero-order valence-corrected chi connectivity index (χ0v) is 26.4. The van der Waals surface area contributed by atoms with Crippen molar-refractivity contribution in [2.75, 3.05) is 19.0 Å². The van der Waals surface area contributed by atoms with E-state index in [1.807, 2.05) is 0 Å². The number of halogens is 6. The van der Waals surface area contributed by atoms with Crippen LogP contribution in [-0.2, 0) is 34.9 Å². The van der Waals surface area contributed by atoms with E-state index in [-0.39, 0.29) is 40.8 Å². The first-order valence-electron chi connectivity index (χ1n) is 14.9. The number of ether oxygens (including phenoxy) is 1. The van der Waals surface area contributed by atoms with Gasteiger partial charge >= 0.3 is 18.3 Å². The zero-order chi connectivity index (χ0) is 36.9. The van der Waals surface area contributed by atoms with Crippen LogP contribution >= 0.6 is 0 Å². The standard InChI is InChI=1S/C35H26F6N4O6/c1-50-27-15-10-24(28(17-27)35(39,40)41)16-29(46)42-26-13-8-23(9-14-26)33(49)45(19-30(47)48)18-20-2-4-22(5-3-20)32-43-31(44-51-32)21-6-11-25(12-7-21)34(36,37)38/h2-15,17H,16,18-19H2,1H3,(H,42,46)(H,47,48). The summed E-state index contributed by atoms with van der Waals surface area (Å²) in [5.41, 5.74) is -0.506. The number of hydrogen-bond acceptors (Lipinski definition) is 7. The van der Waals surface area contributed by atoms with Gasteiger partial charge in [0, 0.05) is 28.9 Å². The number of carboxylic acid groups (broad SMARTS) is 1. The number of carbonyl (C=O) groups is 3. The molecule has 0 bridgehead atoms. The molecule has 5 rings (SSSR count). The largest absolute Gasteiger partial charge is 0.497 e. The smallest absolute Gasteiger partial charge is 0.416 e. The summed E-state index contributed by atoms with van der Waals surface area (Å²) in [5, 5.41) is 15.8. The zero-order valence-electron chi connectivity index (χ0n) is 26.4. The van der Waals surface area contributed by atoms with Crippen LogP contribution in [0.15, 0.2) is 95.5 Å². The van der Waals surface area contributed by atoms with Crippen LogP contribution in [0.4, 0.5) is 32.0 Å². The lowest BCUT2D eigenvalue weighted by Crippen LogP contribution is -2.35. The molecule has 4 aromatic carbocycles. The molecule has 0 unspecified atom stereocenters. The molecular formula is C35H26F6N4O6. The Bertz CT molecular complexity index is 2030. The first kappa shape index (κ1) is 36.1. The molecule has 0 atom stereocenters. The van der Waals surface area contributed by atoms with Crippen molar-refractivity contribution in [2.45, 2.75) is 25.3 Å². The van der Waals surface area contributed by atoms with Crippen LogP contribution in [0.2, 0.25) is 0 Å². The van der Waals surface area contributed by atoms with Gasteiger partial charge in [0.25, 0.3) is 11.8 Å². The summed E-state index contributed by atoms with van der Waals surface area (Å²) >= 11 is 0. The van der Waals surface area contributed by atoms with Gasteiger partial charge in [-0.2, -0.15) is 31.3 Å². The summed E-state index contributed by atoms with van der Waals surface area (Å²) in [6.07, 6.45) is -9.79. The van der Waals surface area contributed by atoms with E-state index in [0.717, 1.165) is 29.2 Å². The van der Waals surface area contributed by atoms with Gasteiger partial charge in [-0.1, -0.05) is 35.5 Å². The summed E-state index contributed by atoms with van der Waals surface area (Å²) < 4.78 is 89.3. The maximum absolute atomic E-state index is 13.5. The Morgan fingerprint density at radius 2 is 1.49 bits per heavy atom. The number of methoxy groups -OCH3 is 1. The highest BCUT2D eigenvalue weighted by Gasteiger charge is 2.34. The second-order valence-electron chi connectivity index (χ2n) is 11.1. The lowest BCUT2D eigenvalue weighted by Gasteiger charge is -2.21. The van der Waals surface area contributed by atoms with E-state index in [0.29, 0.717) is 16.7 Å². The van der Waals surface area contributed by atoms with Gasteiger partial charge in [0.2, 0.25) is 11.7 Å². The van der Waals surface area contributed by atoms with Crippen LogP contribution in [0.3, 0.4) is 0 Å². The van der Waals surface area contributed by atoms with Gasteiger partial charge in [-0.25, -0.2) is 0 Å². The van der Waals surface area contributed by atoms with E-state index in [1.165, 1.54) is 49.6 Å². The Hall–Kier alpha value is -6.19. The van der Waals surface area contributed by atoms with Gasteiger partial charge in [-0.05, 0) is 71.8 Å². The second kappa shape index (κ2) is 14.7. The molecule has 10 nitrogen and oxygen atoms in total. The van der Waals surface area contributed by atoms with E-state index in [1.54, 1.807) is 24.3 Å². The van der Waals surface area contributed by atoms with Crippen LogP contribution in [0.1, 0.15) is 32.6 Å². The molecule has 0 aliphatic heterocycles. The summed E-state index contributed by atoms with van der Waals surface area (Å²) in [4.78, 5) is 42.8. The number of aliphatic carboxylic acids is 1. The quantitative estimate of drug-likeness (QED) is 0.136. The molecule has 2 amide bonds. The summed E-state index contributed by atoms with van der Waals surface area (Å²) in [7, 11) is 1.22. The first-order valence-corrected chi connectivity index (χ1v) is 14.9. The van der Waals surface area contributed by atoms with Gasteiger partial charge in [-0.15, -0.1) is 0 Å². The van der Waals surface area contributed by atoms with Gasteiger partial charge in [0.1, 0.15) is 12.3 Å². The minimum atomic E-state index is -4.71. The predicted molar refractivity (Wildman–Crippen MR) is 169 cm³/mol. The molecule has 1 heterocycles. The molecular weight excluding hydrogens is 686 g/mol. The number of hydrogen-bond donors (Lipinski definition) is 2. The molecule has 2 N–H and O–H groups in total. The molecule has 0 spiro atoms. The number of nitrogens with zero attached hydrogens (tertiary/aromatic N) is 3. The Kier molecular flexibility index (Phi) is 10.4. The normalized spacial score (nSPS) is 11.6. The fraction of sp³-hybridized carbons (Fsp3) is 0.171. The molecule has 264 valence electrons. The van der Waals surface area contributed by atoms with E-state index in [4.69, 9.17) is 9.26 Å². The molecule has 1 aromatic heterocycles. The summed E-state index contributed by atoms with van der Waals surface area (Å²) in [5.74, 6) is -2.53. The number of benzene rings is 4. The van der Waals surface area contributed by atoms with Crippen molar-refractivity contribution in [2.24, 2.45) is 0 Å². The number of nitrogens with one attached hydrogen (secondary N) is 1. The maximum Gasteiger partial charge on any atom is 0.416 e. The fourth-order valence-electron chi connectivity index (χ4n) is 4.96. The Morgan fingerprint density at radius 1 is 0.843 bits per heavy atom. The highest BCUT2D eigenvalue weighted by Crippen LogP contribution is 2.35. The van der Waals surface area contributed by atoms with Gasteiger partial charge < -0.3 is 24.6 Å². The summed E-state index contributed by atoms with van der Waals surface area (Å²) in [6.45, 7) is -0.767. The third-order valence-corrected chi connectivity index (χ3v) is 7.47. The number of aromatic nitrogens is 2. The van der Waals surface area contributed by atoms with Gasteiger partial charge in [0.15, 0.2) is 0 Å². The van der Waals surface area contributed by atoms with Crippen LogP contribution in [0, 0.1) is 0 Å². The Labute approximate surface area is 285 Å². The molecule has 0 aliphatic rings. The molecule has 0 aliphatic carbocycles. The maximum atomic E-state index is 13.5. The van der Waals surface area contributed by atoms with Crippen molar-refractivity contribution >= 4 is 23.5 Å². The lowest BCUT2D eigenvalue weighted by molar-refractivity contribution is -0.139. The molecule has 0 fully saturated rings. The average molecular weight is 713 g/mol. The van der Waals surface area contributed by atoms with Crippen molar-refractivity contribution < 1.29 is 55.1 Å². The highest BCUT2D eigenvalue weighted by molar-refractivity contribution is 5.97. The molecule has 0 saturated heterocycles. The molecule has 0 saturated carbocycles. The highest BCUT2D eigenvalue weighted by atomic mass is 19.4. The first-order chi connectivity index (χ1) is 24.1. The van der Waals surface area contributed by atoms with Crippen molar-refractivity contribution in [3.63, 3.8) is 0 Å². The minimum absolute atomic E-state index is 0.0138. The monoisotopic (exact) mass is 712 g/mol. The summed E-state index contributed by atoms with van der Waals surface area (Å²) in [6, 6.07) is 19.3. The van der Waals surface area contributed by atoms with Gasteiger partial charge in [-0.3, -0.25) is 14.4 Å². The second-order valence-corrected chi connectivity index (χ2v) is 11.1. The average Bonchev–Trinajstić information content (AvgIpc) is 3.58. The number of anilines is 1. The SMILES string of the molecule is COc1ccc(CC(=O)Nc2ccc(C(=O)N(CC(=O)O)Cc3ccc(-c4nc(-c5ccc(C(F)(F)F)cc5)no4)cc3)cc2)c(C(F)(F)F)c1. The fourth-order valence-corrected chi connectivity index (χ4v) is 4.96. The van der Waals surface area contributed by atoms with Gasteiger partial charge in [0.05, 0.1) is 24.7 Å². The van der Waals surface area contributed by atoms with Crippen LogP contribution in [0.25, 0.3) is 22.8 Å². The number of carbonyl (C=O) groups excluding carboxylic acids is 2. The van der Waals surface area contributed by atoms with Crippen molar-refractivity contribution in [1.82, 2.24) is 15.0 Å². The number of carboxylic acids is 1. The van der Waals surface area contributed by atoms with Crippen molar-refractivity contribution in [1.29, 1.82) is 0 Å². The van der Waals surface area contributed by atoms with Crippen molar-refractivity contribution in [3.8, 4) is 28.6 Å². The van der Waals surface area contributed by atoms with Crippen LogP contribution < -0.4 is 10.1 Å². The molecule has 5 aromatic rings. The third kappa shape index (κ3) is 9.09.